The number of hydrogen-bond donors (Lipinski definition) is 2. The predicted octanol–water partition coefficient (Wildman–Crippen LogP) is 3.13. The molecule has 1 aliphatic heterocycles. The number of aromatic amines is 1. The Morgan fingerprint density at radius 1 is 1.30 bits per heavy atom. The maximum atomic E-state index is 11.4. The van der Waals surface area contributed by atoms with Crippen molar-refractivity contribution < 1.29 is 8.42 Å². The molecule has 2 N–H and O–H groups in total. The lowest BCUT2D eigenvalue weighted by Gasteiger charge is -2.31. The van der Waals surface area contributed by atoms with Gasteiger partial charge in [0.05, 0.1) is 6.26 Å². The average Bonchev–Trinajstić information content (AvgIpc) is 2.90. The number of nitrogens with zero attached hydrogens (tertiary/aromatic N) is 1. The second kappa shape index (κ2) is 6.53. The van der Waals surface area contributed by atoms with Crippen LogP contribution in [0.25, 0.3) is 10.9 Å². The molecule has 0 amide bonds. The van der Waals surface area contributed by atoms with E-state index >= 15 is 0 Å². The van der Waals surface area contributed by atoms with Crippen molar-refractivity contribution in [2.75, 3.05) is 30.6 Å². The smallest absolute Gasteiger partial charge is 0.229 e. The van der Waals surface area contributed by atoms with E-state index in [9.17, 15) is 8.42 Å². The van der Waals surface area contributed by atoms with Gasteiger partial charge in [-0.1, -0.05) is 6.92 Å². The van der Waals surface area contributed by atoms with E-state index in [-0.39, 0.29) is 0 Å². The number of rotatable bonds is 5. The lowest BCUT2D eigenvalue weighted by molar-refractivity contribution is 0.213. The minimum absolute atomic E-state index is 0.547. The minimum atomic E-state index is -3.25. The summed E-state index contributed by atoms with van der Waals surface area (Å²) in [4.78, 5) is 5.85. The van der Waals surface area contributed by atoms with Gasteiger partial charge in [0.25, 0.3) is 0 Å². The van der Waals surface area contributed by atoms with Crippen molar-refractivity contribution in [1.82, 2.24) is 9.88 Å². The zero-order chi connectivity index (χ0) is 16.4. The quantitative estimate of drug-likeness (QED) is 0.882. The Morgan fingerprint density at radius 2 is 2.04 bits per heavy atom. The third kappa shape index (κ3) is 3.87. The van der Waals surface area contributed by atoms with Crippen LogP contribution < -0.4 is 4.72 Å². The van der Waals surface area contributed by atoms with Crippen molar-refractivity contribution in [1.29, 1.82) is 0 Å². The van der Waals surface area contributed by atoms with E-state index in [1.54, 1.807) is 6.07 Å². The highest BCUT2D eigenvalue weighted by Gasteiger charge is 2.22. The van der Waals surface area contributed by atoms with E-state index in [0.717, 1.165) is 36.8 Å². The summed E-state index contributed by atoms with van der Waals surface area (Å²) < 4.78 is 25.4. The summed E-state index contributed by atoms with van der Waals surface area (Å²) in [5.74, 6) is 0.547. The Kier molecular flexibility index (Phi) is 4.64. The fraction of sp³-hybridized carbons (Fsp3) is 0.529. The molecule has 1 aliphatic rings. The van der Waals surface area contributed by atoms with E-state index in [1.807, 2.05) is 12.1 Å². The highest BCUT2D eigenvalue weighted by atomic mass is 32.2. The van der Waals surface area contributed by atoms with E-state index in [4.69, 9.17) is 0 Å². The molecule has 5 nitrogen and oxygen atoms in total. The molecule has 3 rings (SSSR count). The van der Waals surface area contributed by atoms with Gasteiger partial charge in [0.2, 0.25) is 10.0 Å². The lowest BCUT2D eigenvalue weighted by atomic mass is 9.89. The zero-order valence-corrected chi connectivity index (χ0v) is 14.6. The molecular weight excluding hydrogens is 310 g/mol. The molecule has 1 fully saturated rings. The first kappa shape index (κ1) is 16.3. The molecule has 6 heteroatoms. The summed E-state index contributed by atoms with van der Waals surface area (Å²) in [5.41, 5.74) is 3.01. The third-order valence-corrected chi connectivity index (χ3v) is 5.19. The highest BCUT2D eigenvalue weighted by Crippen LogP contribution is 2.34. The lowest BCUT2D eigenvalue weighted by Crippen LogP contribution is -2.33. The summed E-state index contributed by atoms with van der Waals surface area (Å²) >= 11 is 0. The molecule has 1 aromatic carbocycles. The predicted molar refractivity (Wildman–Crippen MR) is 95.5 cm³/mol. The first-order chi connectivity index (χ1) is 11.0. The summed E-state index contributed by atoms with van der Waals surface area (Å²) in [6, 6.07) is 5.69. The van der Waals surface area contributed by atoms with Gasteiger partial charge in [-0.15, -0.1) is 0 Å². The third-order valence-electron chi connectivity index (χ3n) is 4.58. The number of likely N-dealkylation sites (tertiary alicyclic amines) is 1. The normalized spacial score (nSPS) is 17.7. The Labute approximate surface area is 138 Å². The van der Waals surface area contributed by atoms with Crippen LogP contribution in [0.2, 0.25) is 0 Å². The van der Waals surface area contributed by atoms with Gasteiger partial charge in [0.1, 0.15) is 0 Å². The number of anilines is 1. The van der Waals surface area contributed by atoms with E-state index < -0.39 is 10.0 Å². The van der Waals surface area contributed by atoms with Crippen molar-refractivity contribution in [2.45, 2.75) is 32.1 Å². The SMILES string of the molecule is CCCN1CCC(c2c[nH]c3ccc(NS(C)(=O)=O)cc23)CC1. The van der Waals surface area contributed by atoms with Gasteiger partial charge in [0.15, 0.2) is 0 Å². The van der Waals surface area contributed by atoms with E-state index in [1.165, 1.54) is 24.8 Å². The Hall–Kier alpha value is -1.53. The van der Waals surface area contributed by atoms with Gasteiger partial charge in [-0.25, -0.2) is 8.42 Å². The van der Waals surface area contributed by atoms with Gasteiger partial charge >= 0.3 is 0 Å². The summed E-state index contributed by atoms with van der Waals surface area (Å²) in [7, 11) is -3.25. The standard InChI is InChI=1S/C17H25N3O2S/c1-3-8-20-9-6-13(7-10-20)16-12-18-17-5-4-14(11-15(16)17)19-23(2,21)22/h4-5,11-13,18-19H,3,6-10H2,1-2H3. The maximum Gasteiger partial charge on any atom is 0.229 e. The van der Waals surface area contributed by atoms with Crippen molar-refractivity contribution >= 4 is 26.6 Å². The minimum Gasteiger partial charge on any atom is -0.361 e. The molecule has 0 spiro atoms. The average molecular weight is 335 g/mol. The number of H-pyrrole nitrogens is 1. The Morgan fingerprint density at radius 3 is 2.70 bits per heavy atom. The number of piperidine rings is 1. The molecule has 23 heavy (non-hydrogen) atoms. The van der Waals surface area contributed by atoms with Gasteiger partial charge in [-0.3, -0.25) is 4.72 Å². The van der Waals surface area contributed by atoms with Gasteiger partial charge in [-0.05, 0) is 68.6 Å². The zero-order valence-electron chi connectivity index (χ0n) is 13.8. The number of benzene rings is 1. The Bertz CT molecular complexity index is 774. The monoisotopic (exact) mass is 335 g/mol. The molecule has 1 saturated heterocycles. The van der Waals surface area contributed by atoms with Crippen LogP contribution in [0.5, 0.6) is 0 Å². The van der Waals surface area contributed by atoms with Gasteiger partial charge in [0, 0.05) is 22.8 Å². The maximum absolute atomic E-state index is 11.4. The number of hydrogen-bond acceptors (Lipinski definition) is 3. The van der Waals surface area contributed by atoms with Crippen LogP contribution in [0.15, 0.2) is 24.4 Å². The molecular formula is C17H25N3O2S. The van der Waals surface area contributed by atoms with E-state index in [2.05, 4.69) is 27.7 Å². The number of nitrogens with one attached hydrogen (secondary N) is 2. The van der Waals surface area contributed by atoms with E-state index in [0.29, 0.717) is 11.6 Å². The van der Waals surface area contributed by atoms with Crippen LogP contribution in [0.1, 0.15) is 37.7 Å². The molecule has 1 aromatic heterocycles. The van der Waals surface area contributed by atoms with Crippen LogP contribution >= 0.6 is 0 Å². The van der Waals surface area contributed by atoms with Crippen LogP contribution in [0.3, 0.4) is 0 Å². The topological polar surface area (TPSA) is 65.2 Å². The number of aromatic nitrogens is 1. The first-order valence-electron chi connectivity index (χ1n) is 8.27. The molecule has 2 aromatic rings. The Balaban J connectivity index is 1.83. The number of fused-ring (bicyclic) bond motifs is 1. The largest absolute Gasteiger partial charge is 0.361 e. The van der Waals surface area contributed by atoms with Crippen molar-refractivity contribution in [3.63, 3.8) is 0 Å². The molecule has 2 heterocycles. The molecule has 0 atom stereocenters. The molecule has 0 saturated carbocycles. The molecule has 0 radical (unpaired) electrons. The molecule has 0 unspecified atom stereocenters. The van der Waals surface area contributed by atoms with Crippen molar-refractivity contribution in [2.24, 2.45) is 0 Å². The molecule has 0 aliphatic carbocycles. The first-order valence-corrected chi connectivity index (χ1v) is 10.2. The van der Waals surface area contributed by atoms with Crippen LogP contribution in [-0.2, 0) is 10.0 Å². The van der Waals surface area contributed by atoms with Crippen molar-refractivity contribution in [3.05, 3.63) is 30.0 Å². The fourth-order valence-corrected chi connectivity index (χ4v) is 4.10. The summed E-state index contributed by atoms with van der Waals surface area (Å²) in [5, 5.41) is 1.13. The number of sulfonamides is 1. The van der Waals surface area contributed by atoms with Crippen LogP contribution in [-0.4, -0.2) is 44.2 Å². The van der Waals surface area contributed by atoms with Gasteiger partial charge < -0.3 is 9.88 Å². The summed E-state index contributed by atoms with van der Waals surface area (Å²) in [6.45, 7) is 5.70. The molecule has 0 bridgehead atoms. The fourth-order valence-electron chi connectivity index (χ4n) is 3.54. The summed E-state index contributed by atoms with van der Waals surface area (Å²) in [6.07, 6.45) is 6.80. The van der Waals surface area contributed by atoms with Crippen LogP contribution in [0, 0.1) is 0 Å². The highest BCUT2D eigenvalue weighted by molar-refractivity contribution is 7.92. The van der Waals surface area contributed by atoms with Crippen LogP contribution in [0.4, 0.5) is 5.69 Å². The second-order valence-corrected chi connectivity index (χ2v) is 8.24. The van der Waals surface area contributed by atoms with Gasteiger partial charge in [-0.2, -0.15) is 0 Å². The van der Waals surface area contributed by atoms with Crippen molar-refractivity contribution in [3.8, 4) is 0 Å². The second-order valence-electron chi connectivity index (χ2n) is 6.49. The molecule has 126 valence electrons.